The van der Waals surface area contributed by atoms with Gasteiger partial charge in [0, 0.05) is 11.3 Å². The van der Waals surface area contributed by atoms with Crippen LogP contribution in [-0.4, -0.2) is 18.4 Å². The highest BCUT2D eigenvalue weighted by Gasteiger charge is 2.05. The first-order valence-electron chi connectivity index (χ1n) is 5.13. The maximum absolute atomic E-state index is 10.7. The van der Waals surface area contributed by atoms with Gasteiger partial charge in [-0.15, -0.1) is 0 Å². The highest BCUT2D eigenvalue weighted by molar-refractivity contribution is 5.81. The molecule has 0 saturated heterocycles. The second kappa shape index (κ2) is 4.31. The molecule has 0 N–H and O–H groups in total. The molecule has 0 aliphatic heterocycles. The van der Waals surface area contributed by atoms with Crippen molar-refractivity contribution in [3.8, 4) is 5.75 Å². The van der Waals surface area contributed by atoms with Crippen LogP contribution in [0.15, 0.2) is 30.5 Å². The number of hydrogen-bond donors (Lipinski definition) is 0. The Morgan fingerprint density at radius 2 is 2.19 bits per heavy atom. The lowest BCUT2D eigenvalue weighted by molar-refractivity contribution is -0.108. The van der Waals surface area contributed by atoms with Crippen LogP contribution in [0.2, 0.25) is 0 Å². The molecule has 1 atom stereocenters. The number of nitrogens with zero attached hydrogens (tertiary/aromatic N) is 1. The van der Waals surface area contributed by atoms with Gasteiger partial charge >= 0.3 is 0 Å². The van der Waals surface area contributed by atoms with E-state index in [4.69, 9.17) is 4.74 Å². The number of carbonyl (C=O) groups excluding carboxylic acids is 1. The summed E-state index contributed by atoms with van der Waals surface area (Å²) in [7, 11) is 1.61. The molecule has 1 aromatic carbocycles. The molecular formula is C13H13NO2. The van der Waals surface area contributed by atoms with Gasteiger partial charge < -0.3 is 9.53 Å². The first-order valence-corrected chi connectivity index (χ1v) is 5.13. The van der Waals surface area contributed by atoms with Crippen molar-refractivity contribution in [3.63, 3.8) is 0 Å². The number of methoxy groups -OCH3 is 1. The first-order chi connectivity index (χ1) is 7.74. The van der Waals surface area contributed by atoms with Crippen molar-refractivity contribution in [3.05, 3.63) is 36.0 Å². The van der Waals surface area contributed by atoms with Gasteiger partial charge in [0.2, 0.25) is 0 Å². The molecular weight excluding hydrogens is 202 g/mol. The molecule has 0 amide bonds. The van der Waals surface area contributed by atoms with Crippen LogP contribution >= 0.6 is 0 Å². The minimum atomic E-state index is -0.0874. The largest absolute Gasteiger partial charge is 0.495 e. The van der Waals surface area contributed by atoms with E-state index in [9.17, 15) is 4.79 Å². The van der Waals surface area contributed by atoms with E-state index in [0.717, 1.165) is 28.5 Å². The van der Waals surface area contributed by atoms with Crippen LogP contribution in [0.1, 0.15) is 18.4 Å². The van der Waals surface area contributed by atoms with Crippen molar-refractivity contribution in [1.82, 2.24) is 4.98 Å². The number of fused-ring (bicyclic) bond motifs is 1. The average Bonchev–Trinajstić information content (AvgIpc) is 2.36. The molecule has 2 rings (SSSR count). The zero-order valence-corrected chi connectivity index (χ0v) is 9.31. The number of aldehydes is 1. The fourth-order valence-corrected chi connectivity index (χ4v) is 1.60. The van der Waals surface area contributed by atoms with Crippen molar-refractivity contribution in [2.75, 3.05) is 7.11 Å². The lowest BCUT2D eigenvalue weighted by Crippen LogP contribution is -1.94. The van der Waals surface area contributed by atoms with E-state index in [1.54, 1.807) is 13.3 Å². The molecule has 0 fully saturated rings. The predicted molar refractivity (Wildman–Crippen MR) is 62.8 cm³/mol. The zero-order valence-electron chi connectivity index (χ0n) is 9.31. The molecule has 1 unspecified atom stereocenters. The molecule has 2 aromatic rings. The summed E-state index contributed by atoms with van der Waals surface area (Å²) < 4.78 is 5.12. The van der Waals surface area contributed by atoms with Crippen molar-refractivity contribution in [2.24, 2.45) is 0 Å². The van der Waals surface area contributed by atoms with Crippen LogP contribution in [0.5, 0.6) is 5.75 Å². The van der Waals surface area contributed by atoms with Gasteiger partial charge in [-0.3, -0.25) is 4.98 Å². The predicted octanol–water partition coefficient (Wildman–Crippen LogP) is 2.55. The summed E-state index contributed by atoms with van der Waals surface area (Å²) in [4.78, 5) is 15.0. The number of hydrogen-bond acceptors (Lipinski definition) is 3. The van der Waals surface area contributed by atoms with E-state index in [-0.39, 0.29) is 5.92 Å². The summed E-state index contributed by atoms with van der Waals surface area (Å²) in [5.74, 6) is 0.638. The molecule has 1 heterocycles. The van der Waals surface area contributed by atoms with Gasteiger partial charge in [0.15, 0.2) is 0 Å². The summed E-state index contributed by atoms with van der Waals surface area (Å²) in [6, 6.07) is 7.75. The van der Waals surface area contributed by atoms with E-state index in [0.29, 0.717) is 0 Å². The Morgan fingerprint density at radius 3 is 2.88 bits per heavy atom. The average molecular weight is 215 g/mol. The fraction of sp³-hybridized carbons (Fsp3) is 0.231. The molecule has 3 nitrogen and oxygen atoms in total. The maximum atomic E-state index is 10.7. The Bertz CT molecular complexity index is 522. The number of pyridine rings is 1. The standard InChI is InChI=1S/C13H13NO2/c1-9(8-15)10-3-4-13-11(5-10)6-12(16-2)7-14-13/h3-9H,1-2H3. The Hall–Kier alpha value is -1.90. The van der Waals surface area contributed by atoms with Crippen molar-refractivity contribution in [1.29, 1.82) is 0 Å². The van der Waals surface area contributed by atoms with E-state index in [1.165, 1.54) is 0 Å². The summed E-state index contributed by atoms with van der Waals surface area (Å²) in [6.45, 7) is 1.88. The smallest absolute Gasteiger partial charge is 0.137 e. The van der Waals surface area contributed by atoms with Crippen LogP contribution in [0, 0.1) is 0 Å². The number of ether oxygens (including phenoxy) is 1. The third kappa shape index (κ3) is 1.89. The summed E-state index contributed by atoms with van der Waals surface area (Å²) in [6.07, 6.45) is 2.62. The Kier molecular flexibility index (Phi) is 2.86. The minimum absolute atomic E-state index is 0.0874. The summed E-state index contributed by atoms with van der Waals surface area (Å²) in [5.41, 5.74) is 1.90. The Balaban J connectivity index is 2.54. The Labute approximate surface area is 94.1 Å². The normalized spacial score (nSPS) is 12.4. The molecule has 0 aliphatic carbocycles. The topological polar surface area (TPSA) is 39.2 Å². The highest BCUT2D eigenvalue weighted by Crippen LogP contribution is 2.22. The zero-order chi connectivity index (χ0) is 11.5. The number of aromatic nitrogens is 1. The van der Waals surface area contributed by atoms with Crippen LogP contribution in [0.3, 0.4) is 0 Å². The Morgan fingerprint density at radius 1 is 1.38 bits per heavy atom. The van der Waals surface area contributed by atoms with E-state index in [1.807, 2.05) is 31.2 Å². The molecule has 0 bridgehead atoms. The van der Waals surface area contributed by atoms with Gasteiger partial charge in [-0.1, -0.05) is 13.0 Å². The van der Waals surface area contributed by atoms with Crippen LogP contribution < -0.4 is 4.74 Å². The second-order valence-corrected chi connectivity index (χ2v) is 3.75. The number of benzene rings is 1. The third-order valence-corrected chi connectivity index (χ3v) is 2.65. The van der Waals surface area contributed by atoms with Crippen molar-refractivity contribution >= 4 is 17.2 Å². The van der Waals surface area contributed by atoms with Crippen LogP contribution in [0.4, 0.5) is 0 Å². The van der Waals surface area contributed by atoms with Crippen LogP contribution in [-0.2, 0) is 4.79 Å². The molecule has 1 aromatic heterocycles. The van der Waals surface area contributed by atoms with Crippen molar-refractivity contribution < 1.29 is 9.53 Å². The van der Waals surface area contributed by atoms with E-state index >= 15 is 0 Å². The SMILES string of the molecule is COc1cnc2ccc(C(C)C=O)cc2c1. The quantitative estimate of drug-likeness (QED) is 0.738. The van der Waals surface area contributed by atoms with Gasteiger partial charge in [0.1, 0.15) is 12.0 Å². The summed E-state index contributed by atoms with van der Waals surface area (Å²) >= 11 is 0. The molecule has 3 heteroatoms. The van der Waals surface area contributed by atoms with Gasteiger partial charge in [-0.05, 0) is 23.8 Å². The van der Waals surface area contributed by atoms with Crippen molar-refractivity contribution in [2.45, 2.75) is 12.8 Å². The lowest BCUT2D eigenvalue weighted by Gasteiger charge is -2.06. The van der Waals surface area contributed by atoms with Crippen LogP contribution in [0.25, 0.3) is 10.9 Å². The molecule has 0 spiro atoms. The van der Waals surface area contributed by atoms with Gasteiger partial charge in [0.25, 0.3) is 0 Å². The number of carbonyl (C=O) groups is 1. The third-order valence-electron chi connectivity index (χ3n) is 2.65. The second-order valence-electron chi connectivity index (χ2n) is 3.75. The first kappa shape index (κ1) is 10.6. The van der Waals surface area contributed by atoms with Gasteiger partial charge in [0.05, 0.1) is 18.8 Å². The highest BCUT2D eigenvalue weighted by atomic mass is 16.5. The lowest BCUT2D eigenvalue weighted by atomic mass is 10.0. The van der Waals surface area contributed by atoms with E-state index in [2.05, 4.69) is 4.98 Å². The summed E-state index contributed by atoms with van der Waals surface area (Å²) in [5, 5.41) is 0.991. The fourth-order valence-electron chi connectivity index (χ4n) is 1.60. The molecule has 82 valence electrons. The van der Waals surface area contributed by atoms with E-state index < -0.39 is 0 Å². The monoisotopic (exact) mass is 215 g/mol. The van der Waals surface area contributed by atoms with Gasteiger partial charge in [-0.25, -0.2) is 0 Å². The molecule has 16 heavy (non-hydrogen) atoms. The minimum Gasteiger partial charge on any atom is -0.495 e. The molecule has 0 aliphatic rings. The number of rotatable bonds is 3. The molecule has 0 radical (unpaired) electrons. The maximum Gasteiger partial charge on any atom is 0.137 e. The molecule has 0 saturated carbocycles. The van der Waals surface area contributed by atoms with Gasteiger partial charge in [-0.2, -0.15) is 0 Å².